The van der Waals surface area contributed by atoms with Crippen LogP contribution in [0.25, 0.3) is 22.4 Å². The van der Waals surface area contributed by atoms with Gasteiger partial charge in [0.15, 0.2) is 5.16 Å². The second-order valence-electron chi connectivity index (χ2n) is 6.24. The zero-order chi connectivity index (χ0) is 20.2. The van der Waals surface area contributed by atoms with E-state index in [1.54, 1.807) is 10.6 Å². The lowest BCUT2D eigenvalue weighted by Gasteiger charge is -2.11. The van der Waals surface area contributed by atoms with E-state index in [1.165, 1.54) is 11.8 Å². The monoisotopic (exact) mass is 472 g/mol. The molecule has 4 rings (SSSR count). The van der Waals surface area contributed by atoms with E-state index in [-0.39, 0.29) is 12.2 Å². The number of thioether (sulfide) groups is 1. The van der Waals surface area contributed by atoms with Gasteiger partial charge in [-0.1, -0.05) is 39.8 Å². The number of hydrogen-bond donors (Lipinski definition) is 1. The van der Waals surface area contributed by atoms with Crippen LogP contribution in [0.15, 0.2) is 67.4 Å². The molecule has 2 heterocycles. The minimum atomic E-state index is -0.118. The number of aliphatic hydroxyl groups is 1. The van der Waals surface area contributed by atoms with Gasteiger partial charge < -0.3 is 9.52 Å². The molecule has 0 unspecified atom stereocenters. The first-order valence-corrected chi connectivity index (χ1v) is 10.7. The molecular weight excluding hydrogens is 456 g/mol. The Morgan fingerprint density at radius 3 is 2.69 bits per heavy atom. The van der Waals surface area contributed by atoms with Crippen LogP contribution in [0.4, 0.5) is 0 Å². The number of halogens is 1. The fraction of sp³-hybridized carbons (Fsp3) is 0.200. The first-order chi connectivity index (χ1) is 14.2. The van der Waals surface area contributed by atoms with Gasteiger partial charge in [-0.05, 0) is 42.8 Å². The number of benzene rings is 2. The lowest BCUT2D eigenvalue weighted by atomic mass is 10.2. The zero-order valence-electron chi connectivity index (χ0n) is 15.3. The molecule has 0 radical (unpaired) electrons. The quantitative estimate of drug-likeness (QED) is 0.322. The Bertz CT molecular complexity index is 1190. The van der Waals surface area contributed by atoms with Crippen molar-refractivity contribution in [2.24, 2.45) is 0 Å². The summed E-state index contributed by atoms with van der Waals surface area (Å²) < 4.78 is 8.32. The van der Waals surface area contributed by atoms with Crippen molar-refractivity contribution >= 4 is 38.6 Å². The third kappa shape index (κ3) is 4.42. The van der Waals surface area contributed by atoms with Crippen molar-refractivity contribution in [2.45, 2.75) is 23.9 Å². The molecule has 0 saturated carbocycles. The number of rotatable bonds is 7. The third-order valence-electron chi connectivity index (χ3n) is 4.25. The normalized spacial score (nSPS) is 11.2. The van der Waals surface area contributed by atoms with E-state index >= 15 is 0 Å². The van der Waals surface area contributed by atoms with Gasteiger partial charge in [-0.3, -0.25) is 9.36 Å². The van der Waals surface area contributed by atoms with Crippen LogP contribution < -0.4 is 5.56 Å². The lowest BCUT2D eigenvalue weighted by molar-refractivity contribution is 0.276. The van der Waals surface area contributed by atoms with Gasteiger partial charge in [-0.2, -0.15) is 0 Å². The smallest absolute Gasteiger partial charge is 0.262 e. The molecule has 4 aromatic rings. The molecule has 0 aliphatic rings. The second-order valence-corrected chi connectivity index (χ2v) is 8.10. The van der Waals surface area contributed by atoms with Crippen LogP contribution in [0.2, 0.25) is 0 Å². The van der Waals surface area contributed by atoms with Crippen LogP contribution >= 0.6 is 27.7 Å². The third-order valence-corrected chi connectivity index (χ3v) is 5.74. The maximum Gasteiger partial charge on any atom is 0.262 e. The predicted molar refractivity (Wildman–Crippen MR) is 115 cm³/mol. The van der Waals surface area contributed by atoms with E-state index in [2.05, 4.69) is 31.1 Å². The summed E-state index contributed by atoms with van der Waals surface area (Å²) in [5, 5.41) is 18.5. The van der Waals surface area contributed by atoms with Crippen molar-refractivity contribution in [3.63, 3.8) is 0 Å². The van der Waals surface area contributed by atoms with Crippen molar-refractivity contribution in [1.29, 1.82) is 0 Å². The van der Waals surface area contributed by atoms with Crippen LogP contribution in [-0.2, 0) is 12.3 Å². The molecule has 2 aromatic carbocycles. The number of nitrogens with zero attached hydrogens (tertiary/aromatic N) is 4. The summed E-state index contributed by atoms with van der Waals surface area (Å²) in [5.74, 6) is 1.27. The van der Waals surface area contributed by atoms with Crippen molar-refractivity contribution in [3.05, 3.63) is 69.2 Å². The van der Waals surface area contributed by atoms with Gasteiger partial charge in [0.25, 0.3) is 5.56 Å². The lowest BCUT2D eigenvalue weighted by Crippen LogP contribution is -2.24. The van der Waals surface area contributed by atoms with Gasteiger partial charge >= 0.3 is 0 Å². The Labute approximate surface area is 178 Å². The summed E-state index contributed by atoms with van der Waals surface area (Å²) in [5.41, 5.74) is 1.36. The van der Waals surface area contributed by atoms with Gasteiger partial charge in [0, 0.05) is 23.2 Å². The summed E-state index contributed by atoms with van der Waals surface area (Å²) in [4.78, 5) is 17.5. The summed E-state index contributed by atoms with van der Waals surface area (Å²) in [7, 11) is 0. The number of hydrogen-bond acceptors (Lipinski definition) is 7. The van der Waals surface area contributed by atoms with Crippen molar-refractivity contribution in [3.8, 4) is 11.5 Å². The molecule has 0 amide bonds. The van der Waals surface area contributed by atoms with E-state index in [1.807, 2.05) is 42.5 Å². The first-order valence-electron chi connectivity index (χ1n) is 8.97. The number of fused-ring (bicyclic) bond motifs is 1. The zero-order valence-corrected chi connectivity index (χ0v) is 17.7. The second kappa shape index (κ2) is 8.89. The molecule has 0 aliphatic carbocycles. The Hall–Kier alpha value is -2.49. The SMILES string of the molecule is O=c1c2ccccc2nc(SCc2nnc(-c3ccc(Br)cc3)o2)n1CCCO. The van der Waals surface area contributed by atoms with Crippen LogP contribution in [0, 0.1) is 0 Å². The molecule has 0 aliphatic heterocycles. The summed E-state index contributed by atoms with van der Waals surface area (Å²) >= 11 is 4.76. The minimum Gasteiger partial charge on any atom is -0.420 e. The average molecular weight is 473 g/mol. The molecule has 29 heavy (non-hydrogen) atoms. The van der Waals surface area contributed by atoms with Crippen molar-refractivity contribution in [2.75, 3.05) is 6.61 Å². The molecular formula is C20H17BrN4O3S. The molecule has 2 aromatic heterocycles. The highest BCUT2D eigenvalue weighted by molar-refractivity contribution is 9.10. The summed E-state index contributed by atoms with van der Waals surface area (Å²) in [6.45, 7) is 0.396. The highest BCUT2D eigenvalue weighted by Gasteiger charge is 2.14. The molecule has 0 spiro atoms. The van der Waals surface area contributed by atoms with E-state index in [0.717, 1.165) is 10.0 Å². The van der Waals surface area contributed by atoms with Crippen LogP contribution in [0.5, 0.6) is 0 Å². The first kappa shape index (κ1) is 19.8. The van der Waals surface area contributed by atoms with Crippen LogP contribution in [0.1, 0.15) is 12.3 Å². The average Bonchev–Trinajstić information content (AvgIpc) is 3.21. The fourth-order valence-electron chi connectivity index (χ4n) is 2.83. The van der Waals surface area contributed by atoms with E-state index < -0.39 is 0 Å². The topological polar surface area (TPSA) is 94.0 Å². The minimum absolute atomic E-state index is 0.00355. The van der Waals surface area contributed by atoms with Crippen LogP contribution in [-0.4, -0.2) is 31.5 Å². The molecule has 0 saturated heterocycles. The Balaban J connectivity index is 1.59. The Morgan fingerprint density at radius 1 is 1.10 bits per heavy atom. The molecule has 1 N–H and O–H groups in total. The highest BCUT2D eigenvalue weighted by atomic mass is 79.9. The molecule has 9 heteroatoms. The maximum absolute atomic E-state index is 12.9. The fourth-order valence-corrected chi connectivity index (χ4v) is 3.96. The van der Waals surface area contributed by atoms with Crippen molar-refractivity contribution in [1.82, 2.24) is 19.7 Å². The van der Waals surface area contributed by atoms with Crippen LogP contribution in [0.3, 0.4) is 0 Å². The van der Waals surface area contributed by atoms with E-state index in [0.29, 0.717) is 46.6 Å². The highest BCUT2D eigenvalue weighted by Crippen LogP contribution is 2.25. The summed E-state index contributed by atoms with van der Waals surface area (Å²) in [6.07, 6.45) is 0.474. The molecule has 0 atom stereocenters. The standard InChI is InChI=1S/C20H17BrN4O3S/c21-14-8-6-13(7-9-14)18-24-23-17(28-18)12-29-20-22-16-5-2-1-4-15(16)19(27)25(20)10-3-11-26/h1-2,4-9,26H,3,10-12H2. The van der Waals surface area contributed by atoms with Gasteiger partial charge in [-0.25, -0.2) is 4.98 Å². The number of para-hydroxylation sites is 1. The van der Waals surface area contributed by atoms with Gasteiger partial charge in [0.1, 0.15) is 0 Å². The van der Waals surface area contributed by atoms with Gasteiger partial charge in [0.2, 0.25) is 11.8 Å². The molecule has 7 nitrogen and oxygen atoms in total. The molecule has 0 fully saturated rings. The van der Waals surface area contributed by atoms with Gasteiger partial charge in [-0.15, -0.1) is 10.2 Å². The van der Waals surface area contributed by atoms with Gasteiger partial charge in [0.05, 0.1) is 16.7 Å². The predicted octanol–water partition coefficient (Wildman–Crippen LogP) is 3.88. The van der Waals surface area contributed by atoms with E-state index in [4.69, 9.17) is 4.42 Å². The summed E-state index contributed by atoms with van der Waals surface area (Å²) in [6, 6.07) is 14.9. The molecule has 148 valence electrons. The Kier molecular flexibility index (Phi) is 6.08. The largest absolute Gasteiger partial charge is 0.420 e. The van der Waals surface area contributed by atoms with E-state index in [9.17, 15) is 9.90 Å². The van der Waals surface area contributed by atoms with Crippen molar-refractivity contribution < 1.29 is 9.52 Å². The number of aromatic nitrogens is 4. The number of aliphatic hydroxyl groups excluding tert-OH is 1. The molecule has 0 bridgehead atoms. The Morgan fingerprint density at radius 2 is 1.90 bits per heavy atom. The maximum atomic E-state index is 12.9.